The molecule has 0 aliphatic carbocycles. The van der Waals surface area contributed by atoms with E-state index in [0.717, 1.165) is 43.1 Å². The maximum absolute atomic E-state index is 4.64. The number of rotatable bonds is 7. The largest absolute Gasteiger partial charge is 0.370 e. The first-order chi connectivity index (χ1) is 8.15. The molecule has 0 unspecified atom stereocenters. The Bertz CT molecular complexity index is 334. The molecule has 0 radical (unpaired) electrons. The Kier molecular flexibility index (Phi) is 5.95. The third kappa shape index (κ3) is 5.16. The second-order valence-electron chi connectivity index (χ2n) is 4.89. The van der Waals surface area contributed by atoms with Crippen LogP contribution in [0.3, 0.4) is 0 Å². The minimum absolute atomic E-state index is 0.637. The van der Waals surface area contributed by atoms with E-state index in [4.69, 9.17) is 0 Å². The van der Waals surface area contributed by atoms with Crippen LogP contribution >= 0.6 is 0 Å². The van der Waals surface area contributed by atoms with Gasteiger partial charge >= 0.3 is 0 Å². The highest BCUT2D eigenvalue weighted by atomic mass is 15.0. The van der Waals surface area contributed by atoms with Crippen molar-refractivity contribution in [1.29, 1.82) is 0 Å². The lowest BCUT2D eigenvalue weighted by atomic mass is 10.1. The van der Waals surface area contributed by atoms with Crippen molar-refractivity contribution in [2.24, 2.45) is 5.92 Å². The van der Waals surface area contributed by atoms with Crippen LogP contribution in [-0.2, 0) is 12.8 Å². The molecule has 3 heteroatoms. The summed E-state index contributed by atoms with van der Waals surface area (Å²) in [4.78, 5) is 9.19. The van der Waals surface area contributed by atoms with Gasteiger partial charge < -0.3 is 5.32 Å². The average molecular weight is 235 g/mol. The van der Waals surface area contributed by atoms with Gasteiger partial charge in [-0.3, -0.25) is 0 Å². The molecule has 0 aromatic carbocycles. The van der Waals surface area contributed by atoms with E-state index in [0.29, 0.717) is 5.92 Å². The molecular formula is C14H25N3. The molecule has 1 aromatic rings. The first-order valence-electron chi connectivity index (χ1n) is 6.76. The highest BCUT2D eigenvalue weighted by molar-refractivity contribution is 5.36. The van der Waals surface area contributed by atoms with Crippen molar-refractivity contribution in [3.05, 3.63) is 17.6 Å². The van der Waals surface area contributed by atoms with E-state index in [9.17, 15) is 0 Å². The number of anilines is 1. The second-order valence-corrected chi connectivity index (χ2v) is 4.89. The van der Waals surface area contributed by atoms with Crippen molar-refractivity contribution >= 4 is 5.82 Å². The highest BCUT2D eigenvalue weighted by Crippen LogP contribution is 2.12. The number of unbranched alkanes of at least 4 members (excludes halogenated alkanes) is 1. The molecular weight excluding hydrogens is 210 g/mol. The van der Waals surface area contributed by atoms with Gasteiger partial charge in [0.05, 0.1) is 0 Å². The monoisotopic (exact) mass is 235 g/mol. The lowest BCUT2D eigenvalue weighted by molar-refractivity contribution is 0.627. The number of hydrogen-bond donors (Lipinski definition) is 1. The zero-order valence-electron chi connectivity index (χ0n) is 11.6. The van der Waals surface area contributed by atoms with Crippen LogP contribution in [0.2, 0.25) is 0 Å². The summed E-state index contributed by atoms with van der Waals surface area (Å²) in [7, 11) is 0. The fraction of sp³-hybridized carbons (Fsp3) is 0.714. The van der Waals surface area contributed by atoms with Crippen LogP contribution in [0.5, 0.6) is 0 Å². The summed E-state index contributed by atoms with van der Waals surface area (Å²) < 4.78 is 0. The predicted octanol–water partition coefficient (Wildman–Crippen LogP) is 3.45. The topological polar surface area (TPSA) is 37.8 Å². The van der Waals surface area contributed by atoms with E-state index >= 15 is 0 Å². The Morgan fingerprint density at radius 3 is 2.59 bits per heavy atom. The third-order valence-electron chi connectivity index (χ3n) is 2.55. The third-order valence-corrected chi connectivity index (χ3v) is 2.55. The molecule has 0 saturated carbocycles. The SMILES string of the molecule is CCCCc1nc(CC(C)C)cc(NCC)n1. The average Bonchev–Trinajstić information content (AvgIpc) is 2.25. The summed E-state index contributed by atoms with van der Waals surface area (Å²) in [5.74, 6) is 2.60. The van der Waals surface area contributed by atoms with Crippen LogP contribution in [0.4, 0.5) is 5.82 Å². The van der Waals surface area contributed by atoms with Gasteiger partial charge in [-0.1, -0.05) is 27.2 Å². The Labute approximate surface area is 105 Å². The van der Waals surface area contributed by atoms with Gasteiger partial charge in [0, 0.05) is 24.7 Å². The Hall–Kier alpha value is -1.12. The van der Waals surface area contributed by atoms with E-state index in [2.05, 4.69) is 49.0 Å². The van der Waals surface area contributed by atoms with Crippen molar-refractivity contribution in [2.45, 2.75) is 53.4 Å². The van der Waals surface area contributed by atoms with Crippen LogP contribution in [-0.4, -0.2) is 16.5 Å². The molecule has 0 aliphatic heterocycles. The lowest BCUT2D eigenvalue weighted by Crippen LogP contribution is -2.07. The van der Waals surface area contributed by atoms with Gasteiger partial charge in [-0.15, -0.1) is 0 Å². The zero-order chi connectivity index (χ0) is 12.7. The number of nitrogens with zero attached hydrogens (tertiary/aromatic N) is 2. The molecule has 0 aliphatic rings. The molecule has 0 atom stereocenters. The van der Waals surface area contributed by atoms with E-state index < -0.39 is 0 Å². The second kappa shape index (κ2) is 7.25. The number of nitrogens with one attached hydrogen (secondary N) is 1. The van der Waals surface area contributed by atoms with E-state index in [1.807, 2.05) is 0 Å². The minimum atomic E-state index is 0.637. The number of aryl methyl sites for hydroxylation is 1. The Balaban J connectivity index is 2.84. The lowest BCUT2D eigenvalue weighted by Gasteiger charge is -2.10. The fourth-order valence-electron chi connectivity index (χ4n) is 1.79. The molecule has 1 aromatic heterocycles. The summed E-state index contributed by atoms with van der Waals surface area (Å²) in [5, 5.41) is 3.29. The van der Waals surface area contributed by atoms with Crippen molar-refractivity contribution in [1.82, 2.24) is 9.97 Å². The van der Waals surface area contributed by atoms with Gasteiger partial charge in [0.25, 0.3) is 0 Å². The number of hydrogen-bond acceptors (Lipinski definition) is 3. The molecule has 17 heavy (non-hydrogen) atoms. The smallest absolute Gasteiger partial charge is 0.131 e. The van der Waals surface area contributed by atoms with Gasteiger partial charge in [-0.25, -0.2) is 9.97 Å². The molecule has 1 N–H and O–H groups in total. The van der Waals surface area contributed by atoms with Crippen LogP contribution in [0.1, 0.15) is 52.1 Å². The normalized spacial score (nSPS) is 10.9. The van der Waals surface area contributed by atoms with Gasteiger partial charge in [0.15, 0.2) is 0 Å². The van der Waals surface area contributed by atoms with E-state index in [1.54, 1.807) is 0 Å². The quantitative estimate of drug-likeness (QED) is 0.786. The van der Waals surface area contributed by atoms with E-state index in [1.165, 1.54) is 6.42 Å². The molecule has 0 spiro atoms. The Morgan fingerprint density at radius 2 is 2.00 bits per heavy atom. The Morgan fingerprint density at radius 1 is 1.24 bits per heavy atom. The van der Waals surface area contributed by atoms with Crippen LogP contribution in [0.15, 0.2) is 6.07 Å². The van der Waals surface area contributed by atoms with Gasteiger partial charge in [0.2, 0.25) is 0 Å². The zero-order valence-corrected chi connectivity index (χ0v) is 11.6. The molecule has 0 amide bonds. The standard InChI is InChI=1S/C14H25N3/c1-5-7-8-13-16-12(9-11(3)4)10-14(17-13)15-6-2/h10-11H,5-9H2,1-4H3,(H,15,16,17). The molecule has 0 bridgehead atoms. The van der Waals surface area contributed by atoms with Gasteiger partial charge in [0.1, 0.15) is 11.6 Å². The molecule has 1 rings (SSSR count). The summed E-state index contributed by atoms with van der Waals surface area (Å²) in [6.45, 7) is 9.64. The summed E-state index contributed by atoms with van der Waals surface area (Å²) in [6.07, 6.45) is 4.37. The van der Waals surface area contributed by atoms with Crippen molar-refractivity contribution in [3.63, 3.8) is 0 Å². The molecule has 96 valence electrons. The minimum Gasteiger partial charge on any atom is -0.370 e. The summed E-state index contributed by atoms with van der Waals surface area (Å²) in [6, 6.07) is 2.08. The number of aromatic nitrogens is 2. The van der Waals surface area contributed by atoms with Gasteiger partial charge in [-0.2, -0.15) is 0 Å². The maximum atomic E-state index is 4.64. The predicted molar refractivity (Wildman–Crippen MR) is 73.3 cm³/mol. The van der Waals surface area contributed by atoms with Crippen molar-refractivity contribution in [2.75, 3.05) is 11.9 Å². The van der Waals surface area contributed by atoms with Crippen LogP contribution < -0.4 is 5.32 Å². The van der Waals surface area contributed by atoms with Crippen molar-refractivity contribution in [3.8, 4) is 0 Å². The van der Waals surface area contributed by atoms with Crippen LogP contribution in [0.25, 0.3) is 0 Å². The molecule has 0 fully saturated rings. The molecule has 1 heterocycles. The maximum Gasteiger partial charge on any atom is 0.131 e. The highest BCUT2D eigenvalue weighted by Gasteiger charge is 2.06. The van der Waals surface area contributed by atoms with Crippen LogP contribution in [0, 0.1) is 5.92 Å². The van der Waals surface area contributed by atoms with E-state index in [-0.39, 0.29) is 0 Å². The fourth-order valence-corrected chi connectivity index (χ4v) is 1.79. The molecule has 3 nitrogen and oxygen atoms in total. The molecule has 0 saturated heterocycles. The first-order valence-corrected chi connectivity index (χ1v) is 6.76. The summed E-state index contributed by atoms with van der Waals surface area (Å²) >= 11 is 0. The van der Waals surface area contributed by atoms with Crippen molar-refractivity contribution < 1.29 is 0 Å². The summed E-state index contributed by atoms with van der Waals surface area (Å²) in [5.41, 5.74) is 1.16. The van der Waals surface area contributed by atoms with Gasteiger partial charge in [-0.05, 0) is 25.7 Å². The first kappa shape index (κ1) is 13.9.